The van der Waals surface area contributed by atoms with Gasteiger partial charge in [-0.3, -0.25) is 4.79 Å². The maximum atomic E-state index is 13.8. The maximum absolute atomic E-state index is 13.8. The summed E-state index contributed by atoms with van der Waals surface area (Å²) in [6.45, 7) is 8.23. The summed E-state index contributed by atoms with van der Waals surface area (Å²) in [6.07, 6.45) is 0. The fourth-order valence-corrected chi connectivity index (χ4v) is 4.98. The number of para-hydroxylation sites is 2. The largest absolute Gasteiger partial charge is 0.321 e. The van der Waals surface area contributed by atoms with Gasteiger partial charge in [-0.2, -0.15) is 5.10 Å². The minimum absolute atomic E-state index is 0.155. The van der Waals surface area contributed by atoms with Crippen molar-refractivity contribution in [3.05, 3.63) is 94.5 Å². The number of hydrogen-bond acceptors (Lipinski definition) is 4. The Kier molecular flexibility index (Phi) is 5.75. The number of aryl methyl sites for hydroxylation is 2. The summed E-state index contributed by atoms with van der Waals surface area (Å²) in [5.41, 5.74) is 6.72. The average molecular weight is 467 g/mol. The van der Waals surface area contributed by atoms with E-state index in [-0.39, 0.29) is 11.8 Å². The molecule has 0 aliphatic rings. The zero-order chi connectivity index (χ0) is 23.8. The van der Waals surface area contributed by atoms with E-state index >= 15 is 0 Å². The Morgan fingerprint density at radius 1 is 1.00 bits per heavy atom. The molecule has 0 fully saturated rings. The van der Waals surface area contributed by atoms with Gasteiger partial charge in [0.2, 0.25) is 0 Å². The van der Waals surface area contributed by atoms with Crippen LogP contribution in [0.4, 0.5) is 5.69 Å². The van der Waals surface area contributed by atoms with Gasteiger partial charge in [-0.15, -0.1) is 11.3 Å². The molecule has 0 radical (unpaired) electrons. The third-order valence-corrected chi connectivity index (χ3v) is 6.89. The molecule has 170 valence electrons. The zero-order valence-electron chi connectivity index (χ0n) is 19.7. The lowest BCUT2D eigenvalue weighted by molar-refractivity contribution is 0.102. The van der Waals surface area contributed by atoms with Gasteiger partial charge in [0.25, 0.3) is 5.91 Å². The van der Waals surface area contributed by atoms with Crippen molar-refractivity contribution in [3.63, 3.8) is 0 Å². The van der Waals surface area contributed by atoms with E-state index in [9.17, 15) is 4.79 Å². The summed E-state index contributed by atoms with van der Waals surface area (Å²) >= 11 is 1.60. The molecule has 5 rings (SSSR count). The maximum Gasteiger partial charge on any atom is 0.256 e. The zero-order valence-corrected chi connectivity index (χ0v) is 20.5. The van der Waals surface area contributed by atoms with Crippen LogP contribution in [0.25, 0.3) is 27.3 Å². The highest BCUT2D eigenvalue weighted by Crippen LogP contribution is 2.33. The molecule has 1 N–H and O–H groups in total. The van der Waals surface area contributed by atoms with E-state index in [2.05, 4.69) is 25.2 Å². The highest BCUT2D eigenvalue weighted by atomic mass is 32.1. The normalized spacial score (nSPS) is 11.3. The number of carbonyl (C=O) groups excluding carboxylic acids is 1. The molecule has 2 aromatic carbocycles. The average Bonchev–Trinajstić information content (AvgIpc) is 3.49. The molecule has 5 nitrogen and oxygen atoms in total. The lowest BCUT2D eigenvalue weighted by Gasteiger charge is -2.17. The van der Waals surface area contributed by atoms with Gasteiger partial charge in [-0.25, -0.2) is 9.67 Å². The number of aromatic nitrogens is 3. The fraction of sp³-hybridized carbons (Fsp3) is 0.179. The molecule has 34 heavy (non-hydrogen) atoms. The molecular weight excluding hydrogens is 440 g/mol. The number of hydrogen-bond donors (Lipinski definition) is 1. The first-order valence-electron chi connectivity index (χ1n) is 11.3. The molecular formula is C28H26N4OS. The third-order valence-electron chi connectivity index (χ3n) is 6.00. The number of amides is 1. The number of nitrogens with zero attached hydrogens (tertiary/aromatic N) is 3. The molecule has 3 heterocycles. The van der Waals surface area contributed by atoms with Gasteiger partial charge < -0.3 is 5.32 Å². The van der Waals surface area contributed by atoms with E-state index in [1.807, 2.05) is 84.6 Å². The first kappa shape index (κ1) is 22.0. The van der Waals surface area contributed by atoms with Crippen LogP contribution in [0.15, 0.2) is 72.1 Å². The predicted molar refractivity (Wildman–Crippen MR) is 140 cm³/mol. The van der Waals surface area contributed by atoms with Crippen molar-refractivity contribution in [1.82, 2.24) is 14.8 Å². The molecule has 0 bridgehead atoms. The molecule has 1 amide bonds. The molecule has 0 aliphatic heterocycles. The SMILES string of the molecule is Cc1cccc(C(C)C)c1NC(=O)c1cc(-c2cccs2)nc2c1c(C)nn2-c1ccccc1. The van der Waals surface area contributed by atoms with Gasteiger partial charge in [-0.05, 0) is 60.5 Å². The summed E-state index contributed by atoms with van der Waals surface area (Å²) in [5, 5.41) is 10.8. The van der Waals surface area contributed by atoms with Crippen LogP contribution in [0.3, 0.4) is 0 Å². The van der Waals surface area contributed by atoms with Crippen LogP contribution in [0.5, 0.6) is 0 Å². The number of rotatable bonds is 5. The highest BCUT2D eigenvalue weighted by molar-refractivity contribution is 7.13. The lowest BCUT2D eigenvalue weighted by Crippen LogP contribution is -2.16. The van der Waals surface area contributed by atoms with Crippen LogP contribution in [-0.2, 0) is 0 Å². The Labute approximate surface area is 203 Å². The van der Waals surface area contributed by atoms with Gasteiger partial charge >= 0.3 is 0 Å². The van der Waals surface area contributed by atoms with Crippen molar-refractivity contribution in [2.24, 2.45) is 0 Å². The van der Waals surface area contributed by atoms with Crippen LogP contribution in [-0.4, -0.2) is 20.7 Å². The molecule has 5 aromatic rings. The van der Waals surface area contributed by atoms with Crippen LogP contribution in [0.1, 0.15) is 46.9 Å². The smallest absolute Gasteiger partial charge is 0.256 e. The standard InChI is InChI=1S/C28H26N4OS/c1-17(2)21-13-8-10-18(3)26(21)30-28(33)22-16-23(24-14-9-15-34-24)29-27-25(22)19(4)31-32(27)20-11-6-5-7-12-20/h5-17H,1-4H3,(H,30,33). The van der Waals surface area contributed by atoms with Crippen LogP contribution in [0, 0.1) is 13.8 Å². The number of pyridine rings is 1. The first-order chi connectivity index (χ1) is 16.4. The van der Waals surface area contributed by atoms with E-state index in [1.165, 1.54) is 0 Å². The van der Waals surface area contributed by atoms with Crippen LogP contribution in [0.2, 0.25) is 0 Å². The van der Waals surface area contributed by atoms with Gasteiger partial charge in [0.15, 0.2) is 5.65 Å². The monoisotopic (exact) mass is 466 g/mol. The molecule has 6 heteroatoms. The topological polar surface area (TPSA) is 59.8 Å². The molecule has 0 unspecified atom stereocenters. The molecule has 0 saturated carbocycles. The Morgan fingerprint density at radius 3 is 2.50 bits per heavy atom. The number of fused-ring (bicyclic) bond motifs is 1. The second kappa shape index (κ2) is 8.88. The van der Waals surface area contributed by atoms with E-state index in [0.717, 1.165) is 44.2 Å². The van der Waals surface area contributed by atoms with Crippen molar-refractivity contribution in [3.8, 4) is 16.3 Å². The van der Waals surface area contributed by atoms with E-state index in [1.54, 1.807) is 11.3 Å². The summed E-state index contributed by atoms with van der Waals surface area (Å²) in [7, 11) is 0. The quantitative estimate of drug-likeness (QED) is 0.299. The van der Waals surface area contributed by atoms with Gasteiger partial charge in [0, 0.05) is 5.69 Å². The minimum Gasteiger partial charge on any atom is -0.321 e. The third kappa shape index (κ3) is 3.90. The van der Waals surface area contributed by atoms with Crippen molar-refractivity contribution in [2.75, 3.05) is 5.32 Å². The molecule has 0 spiro atoms. The molecule has 3 aromatic heterocycles. The second-order valence-corrected chi connectivity index (χ2v) is 9.66. The summed E-state index contributed by atoms with van der Waals surface area (Å²) < 4.78 is 1.83. The summed E-state index contributed by atoms with van der Waals surface area (Å²) in [5.74, 6) is 0.133. The number of thiophene rings is 1. The molecule has 0 atom stereocenters. The van der Waals surface area contributed by atoms with Crippen molar-refractivity contribution in [1.29, 1.82) is 0 Å². The summed E-state index contributed by atoms with van der Waals surface area (Å²) in [4.78, 5) is 19.8. The molecule has 0 aliphatic carbocycles. The van der Waals surface area contributed by atoms with Crippen molar-refractivity contribution < 1.29 is 4.79 Å². The second-order valence-electron chi connectivity index (χ2n) is 8.71. The van der Waals surface area contributed by atoms with E-state index in [0.29, 0.717) is 11.2 Å². The molecule has 0 saturated heterocycles. The number of nitrogens with one attached hydrogen (secondary N) is 1. The van der Waals surface area contributed by atoms with Gasteiger partial charge in [-0.1, -0.05) is 56.3 Å². The highest BCUT2D eigenvalue weighted by Gasteiger charge is 2.22. The Bertz CT molecular complexity index is 1480. The van der Waals surface area contributed by atoms with Crippen molar-refractivity contribution >= 4 is 34.0 Å². The number of carbonyl (C=O) groups is 1. The fourth-order valence-electron chi connectivity index (χ4n) is 4.29. The lowest BCUT2D eigenvalue weighted by atomic mass is 9.97. The van der Waals surface area contributed by atoms with Crippen molar-refractivity contribution in [2.45, 2.75) is 33.6 Å². The Hall–Kier alpha value is -3.77. The first-order valence-corrected chi connectivity index (χ1v) is 12.2. The Morgan fingerprint density at radius 2 is 1.79 bits per heavy atom. The summed E-state index contributed by atoms with van der Waals surface area (Å²) in [6, 6.07) is 21.9. The van der Waals surface area contributed by atoms with E-state index in [4.69, 9.17) is 10.1 Å². The van der Waals surface area contributed by atoms with Crippen LogP contribution < -0.4 is 5.32 Å². The number of anilines is 1. The minimum atomic E-state index is -0.155. The van der Waals surface area contributed by atoms with Gasteiger partial charge in [0.05, 0.1) is 32.9 Å². The number of benzene rings is 2. The predicted octanol–water partition coefficient (Wildman–Crippen LogP) is 7.14. The van der Waals surface area contributed by atoms with Gasteiger partial charge in [0.1, 0.15) is 0 Å². The van der Waals surface area contributed by atoms with Crippen LogP contribution >= 0.6 is 11.3 Å². The van der Waals surface area contributed by atoms with E-state index < -0.39 is 0 Å². The Balaban J connectivity index is 1.71.